The van der Waals surface area contributed by atoms with Gasteiger partial charge in [-0.2, -0.15) is 0 Å². The van der Waals surface area contributed by atoms with Gasteiger partial charge in [-0.05, 0) is 41.5 Å². The molecule has 43 heavy (non-hydrogen) atoms. The number of hydrogen-bond donors (Lipinski definition) is 4. The molecule has 4 N–H and O–H groups in total. The van der Waals surface area contributed by atoms with Crippen LogP contribution in [0.25, 0.3) is 17.0 Å². The molecule has 2 amide bonds. The molecule has 0 saturated heterocycles. The van der Waals surface area contributed by atoms with Gasteiger partial charge in [-0.25, -0.2) is 5.48 Å². The van der Waals surface area contributed by atoms with Gasteiger partial charge in [0.25, 0.3) is 5.91 Å². The van der Waals surface area contributed by atoms with Crippen molar-refractivity contribution in [3.05, 3.63) is 114 Å². The first-order valence-corrected chi connectivity index (χ1v) is 14.6. The minimum atomic E-state index is -1.05. The number of amides is 2. The quantitative estimate of drug-likeness (QED) is 0.130. The highest BCUT2D eigenvalue weighted by molar-refractivity contribution is 5.91. The van der Waals surface area contributed by atoms with E-state index in [-0.39, 0.29) is 25.4 Å². The lowest BCUT2D eigenvalue weighted by atomic mass is 9.82. The van der Waals surface area contributed by atoms with Crippen LogP contribution in [0, 0.1) is 17.8 Å². The topological polar surface area (TPSA) is 121 Å². The van der Waals surface area contributed by atoms with E-state index < -0.39 is 35.7 Å². The highest BCUT2D eigenvalue weighted by atomic mass is 16.6. The third-order valence-electron chi connectivity index (χ3n) is 7.35. The van der Waals surface area contributed by atoms with E-state index in [1.54, 1.807) is 6.08 Å². The van der Waals surface area contributed by atoms with Crippen molar-refractivity contribution >= 4 is 34.8 Å². The number of aromatic nitrogens is 1. The fourth-order valence-corrected chi connectivity index (χ4v) is 5.16. The largest absolute Gasteiger partial charge is 0.481 e. The molecule has 0 aliphatic carbocycles. The lowest BCUT2D eigenvalue weighted by molar-refractivity contribution is -0.148. The molecule has 0 unspecified atom stereocenters. The number of rotatable bonds is 15. The van der Waals surface area contributed by atoms with Crippen LogP contribution in [0.5, 0.6) is 0 Å². The normalized spacial score (nSPS) is 13.6. The molecule has 3 atom stereocenters. The molecule has 0 radical (unpaired) electrons. The lowest BCUT2D eigenvalue weighted by Gasteiger charge is -2.27. The summed E-state index contributed by atoms with van der Waals surface area (Å²) in [6, 6.07) is 25.7. The van der Waals surface area contributed by atoms with E-state index in [1.807, 2.05) is 111 Å². The maximum atomic E-state index is 13.8. The number of benzene rings is 3. The highest BCUT2D eigenvalue weighted by Crippen LogP contribution is 2.26. The molecule has 8 nitrogen and oxygen atoms in total. The standard InChI is InChI=1S/C35H39N3O5/c1-24(2)20-30(29(35(41)42)18-11-16-25-12-5-3-6-13-25)33(39)37-32(21-27-22-36-31-19-10-9-17-28(27)31)34(40)38-43-23-26-14-7-4-8-15-26/h3-17,19,22,24,29-30,32,36H,18,20-21,23H2,1-2H3,(H,37,39)(H,38,40)(H,41,42)/b16-11+/t29-,30+,32-/m0/s1. The lowest BCUT2D eigenvalue weighted by Crippen LogP contribution is -2.51. The highest BCUT2D eigenvalue weighted by Gasteiger charge is 2.35. The first-order valence-electron chi connectivity index (χ1n) is 14.6. The van der Waals surface area contributed by atoms with Gasteiger partial charge in [-0.15, -0.1) is 0 Å². The van der Waals surface area contributed by atoms with Crippen LogP contribution < -0.4 is 10.8 Å². The molecule has 4 rings (SSSR count). The number of carboxylic acid groups (broad SMARTS) is 1. The molecular weight excluding hydrogens is 542 g/mol. The smallest absolute Gasteiger partial charge is 0.307 e. The summed E-state index contributed by atoms with van der Waals surface area (Å²) in [4.78, 5) is 48.4. The van der Waals surface area contributed by atoms with Crippen LogP contribution >= 0.6 is 0 Å². The first-order chi connectivity index (χ1) is 20.8. The molecule has 224 valence electrons. The second-order valence-corrected chi connectivity index (χ2v) is 11.1. The van der Waals surface area contributed by atoms with Gasteiger partial charge in [0.2, 0.25) is 5.91 Å². The van der Waals surface area contributed by atoms with Gasteiger partial charge in [-0.3, -0.25) is 19.2 Å². The van der Waals surface area contributed by atoms with E-state index in [2.05, 4.69) is 15.8 Å². The van der Waals surface area contributed by atoms with Gasteiger partial charge in [0.05, 0.1) is 18.4 Å². The molecule has 0 bridgehead atoms. The molecule has 0 fully saturated rings. The number of hydroxylamine groups is 1. The molecule has 1 aromatic heterocycles. The van der Waals surface area contributed by atoms with E-state index >= 15 is 0 Å². The van der Waals surface area contributed by atoms with E-state index in [0.29, 0.717) is 6.42 Å². The summed E-state index contributed by atoms with van der Waals surface area (Å²) in [5.74, 6) is -3.80. The summed E-state index contributed by atoms with van der Waals surface area (Å²) < 4.78 is 0. The number of aromatic amines is 1. The summed E-state index contributed by atoms with van der Waals surface area (Å²) in [7, 11) is 0. The van der Waals surface area contributed by atoms with E-state index in [1.165, 1.54) is 0 Å². The number of hydrogen-bond acceptors (Lipinski definition) is 4. The van der Waals surface area contributed by atoms with E-state index in [0.717, 1.165) is 27.6 Å². The number of allylic oxidation sites excluding steroid dienone is 1. The second-order valence-electron chi connectivity index (χ2n) is 11.1. The molecule has 0 saturated carbocycles. The zero-order valence-electron chi connectivity index (χ0n) is 24.5. The molecular formula is C35H39N3O5. The van der Waals surface area contributed by atoms with Crippen LogP contribution in [0.2, 0.25) is 0 Å². The number of carbonyl (C=O) groups excluding carboxylic acids is 2. The van der Waals surface area contributed by atoms with Gasteiger partial charge in [0.1, 0.15) is 6.04 Å². The summed E-state index contributed by atoms with van der Waals surface area (Å²) in [5, 5.41) is 14.0. The van der Waals surface area contributed by atoms with Crippen molar-refractivity contribution in [2.75, 3.05) is 0 Å². The predicted molar refractivity (Wildman–Crippen MR) is 167 cm³/mol. The molecule has 0 aliphatic heterocycles. The number of aliphatic carboxylic acids is 1. The Morgan fingerprint density at radius 1 is 0.884 bits per heavy atom. The Hall–Kier alpha value is -4.69. The average Bonchev–Trinajstić information content (AvgIpc) is 3.41. The van der Waals surface area contributed by atoms with Crippen molar-refractivity contribution in [2.24, 2.45) is 17.8 Å². The van der Waals surface area contributed by atoms with E-state index in [9.17, 15) is 19.5 Å². The zero-order valence-corrected chi connectivity index (χ0v) is 24.5. The Morgan fingerprint density at radius 3 is 2.26 bits per heavy atom. The van der Waals surface area contributed by atoms with Crippen LogP contribution in [0.1, 0.15) is 43.4 Å². The predicted octanol–water partition coefficient (Wildman–Crippen LogP) is 5.91. The molecule has 0 spiro atoms. The first kappa shape index (κ1) is 31.3. The number of nitrogens with one attached hydrogen (secondary N) is 3. The van der Waals surface area contributed by atoms with Crippen LogP contribution in [-0.4, -0.2) is 33.9 Å². The molecule has 4 aromatic rings. The molecule has 8 heteroatoms. The van der Waals surface area contributed by atoms with Crippen LogP contribution in [0.4, 0.5) is 0 Å². The summed E-state index contributed by atoms with van der Waals surface area (Å²) >= 11 is 0. The maximum absolute atomic E-state index is 13.8. The summed E-state index contributed by atoms with van der Waals surface area (Å²) in [6.45, 7) is 4.06. The van der Waals surface area contributed by atoms with Crippen molar-refractivity contribution in [3.63, 3.8) is 0 Å². The Bertz CT molecular complexity index is 1510. The van der Waals surface area contributed by atoms with Gasteiger partial charge < -0.3 is 15.4 Å². The van der Waals surface area contributed by atoms with Gasteiger partial charge in [-0.1, -0.05) is 105 Å². The minimum absolute atomic E-state index is 0.0609. The third kappa shape index (κ3) is 9.15. The van der Waals surface area contributed by atoms with Gasteiger partial charge >= 0.3 is 5.97 Å². The molecule has 1 heterocycles. The summed E-state index contributed by atoms with van der Waals surface area (Å²) in [5.41, 5.74) is 6.08. The average molecular weight is 582 g/mol. The SMILES string of the molecule is CC(C)C[C@@H](C(=O)N[C@@H](Cc1c[nH]c2ccccc12)C(=O)NOCc1ccccc1)[C@H](C/C=C/c1ccccc1)C(=O)O. The number of carbonyl (C=O) groups is 3. The van der Waals surface area contributed by atoms with Gasteiger partial charge in [0.15, 0.2) is 0 Å². The van der Waals surface area contributed by atoms with Crippen molar-refractivity contribution in [3.8, 4) is 0 Å². The number of para-hydroxylation sites is 1. The third-order valence-corrected chi connectivity index (χ3v) is 7.35. The number of fused-ring (bicyclic) bond motifs is 1. The fraction of sp³-hybridized carbons (Fsp3) is 0.286. The monoisotopic (exact) mass is 581 g/mol. The molecule has 3 aromatic carbocycles. The van der Waals surface area contributed by atoms with Crippen molar-refractivity contribution in [2.45, 2.75) is 45.8 Å². The van der Waals surface area contributed by atoms with Crippen LogP contribution in [0.15, 0.2) is 97.2 Å². The number of carboxylic acids is 1. The van der Waals surface area contributed by atoms with Crippen molar-refractivity contribution < 1.29 is 24.3 Å². The Balaban J connectivity index is 1.53. The van der Waals surface area contributed by atoms with Gasteiger partial charge in [0, 0.05) is 23.5 Å². The van der Waals surface area contributed by atoms with Crippen molar-refractivity contribution in [1.29, 1.82) is 0 Å². The van der Waals surface area contributed by atoms with Crippen molar-refractivity contribution in [1.82, 2.24) is 15.8 Å². The maximum Gasteiger partial charge on any atom is 0.307 e. The Morgan fingerprint density at radius 2 is 1.56 bits per heavy atom. The summed E-state index contributed by atoms with van der Waals surface area (Å²) in [6.07, 6.45) is 6.20. The second kappa shape index (κ2) is 15.5. The zero-order chi connectivity index (χ0) is 30.6. The van der Waals surface area contributed by atoms with Crippen LogP contribution in [0.3, 0.4) is 0 Å². The fourth-order valence-electron chi connectivity index (χ4n) is 5.16. The Labute approximate surface area is 252 Å². The number of H-pyrrole nitrogens is 1. The van der Waals surface area contributed by atoms with Crippen LogP contribution in [-0.2, 0) is 32.2 Å². The molecule has 0 aliphatic rings. The minimum Gasteiger partial charge on any atom is -0.481 e. The Kier molecular flexibility index (Phi) is 11.3. The van der Waals surface area contributed by atoms with E-state index in [4.69, 9.17) is 4.84 Å².